The Morgan fingerprint density at radius 2 is 2.22 bits per heavy atom. The van der Waals surface area contributed by atoms with Gasteiger partial charge < -0.3 is 24.6 Å². The van der Waals surface area contributed by atoms with Gasteiger partial charge in [-0.15, -0.1) is 0 Å². The Bertz CT molecular complexity index is 819. The Labute approximate surface area is 157 Å². The molecular formula is C19H23N3O5. The molecule has 27 heavy (non-hydrogen) atoms. The van der Waals surface area contributed by atoms with Gasteiger partial charge in [-0.2, -0.15) is 0 Å². The summed E-state index contributed by atoms with van der Waals surface area (Å²) in [5.41, 5.74) is 1.57. The average Bonchev–Trinajstić information content (AvgIpc) is 3.25. The molecule has 0 saturated carbocycles. The predicted octanol–water partition coefficient (Wildman–Crippen LogP) is 0.812. The molecule has 1 fully saturated rings. The molecule has 1 saturated heterocycles. The number of methoxy groups -OCH3 is 1. The molecule has 2 atom stereocenters. The van der Waals surface area contributed by atoms with Gasteiger partial charge in [-0.1, -0.05) is 17.3 Å². The van der Waals surface area contributed by atoms with Gasteiger partial charge in [-0.3, -0.25) is 9.59 Å². The number of hydrogen-bond acceptors (Lipinski definition) is 6. The van der Waals surface area contributed by atoms with Crippen molar-refractivity contribution in [3.63, 3.8) is 0 Å². The van der Waals surface area contributed by atoms with E-state index >= 15 is 0 Å². The van der Waals surface area contributed by atoms with Crippen molar-refractivity contribution in [3.8, 4) is 5.75 Å². The second-order valence-corrected chi connectivity index (χ2v) is 6.63. The van der Waals surface area contributed by atoms with Gasteiger partial charge in [-0.05, 0) is 24.6 Å². The Balaban J connectivity index is 1.62. The zero-order valence-corrected chi connectivity index (χ0v) is 15.3. The molecule has 0 unspecified atom stereocenters. The predicted molar refractivity (Wildman–Crippen MR) is 95.9 cm³/mol. The molecule has 0 bridgehead atoms. The quantitative estimate of drug-likeness (QED) is 0.777. The molecular weight excluding hydrogens is 350 g/mol. The topological polar surface area (TPSA) is 105 Å². The highest BCUT2D eigenvalue weighted by Crippen LogP contribution is 2.20. The number of aliphatic hydroxyl groups excluding tert-OH is 1. The van der Waals surface area contributed by atoms with E-state index in [1.165, 1.54) is 4.90 Å². The van der Waals surface area contributed by atoms with Gasteiger partial charge in [0.25, 0.3) is 0 Å². The second kappa shape index (κ2) is 8.22. The first-order valence-corrected chi connectivity index (χ1v) is 8.76. The van der Waals surface area contributed by atoms with Gasteiger partial charge in [0.05, 0.1) is 25.3 Å². The molecule has 1 aliphatic heterocycles. The molecule has 2 amide bonds. The van der Waals surface area contributed by atoms with E-state index in [0.717, 1.165) is 5.56 Å². The minimum absolute atomic E-state index is 0.00717. The summed E-state index contributed by atoms with van der Waals surface area (Å²) in [5, 5.41) is 16.6. The van der Waals surface area contributed by atoms with Crippen molar-refractivity contribution in [2.24, 2.45) is 0 Å². The number of carbonyl (C=O) groups is 2. The summed E-state index contributed by atoms with van der Waals surface area (Å²) in [7, 11) is 1.58. The number of aromatic nitrogens is 1. The van der Waals surface area contributed by atoms with E-state index in [4.69, 9.17) is 9.26 Å². The number of carbonyl (C=O) groups excluding carboxylic acids is 2. The number of hydrogen-bond donors (Lipinski definition) is 2. The fourth-order valence-electron chi connectivity index (χ4n) is 3.18. The van der Waals surface area contributed by atoms with Crippen molar-refractivity contribution in [1.82, 2.24) is 15.4 Å². The van der Waals surface area contributed by atoms with Crippen LogP contribution in [0.1, 0.15) is 23.4 Å². The van der Waals surface area contributed by atoms with Gasteiger partial charge >= 0.3 is 0 Å². The normalized spacial score (nSPS) is 19.1. The first-order valence-electron chi connectivity index (χ1n) is 8.76. The van der Waals surface area contributed by atoms with Crippen LogP contribution in [0.25, 0.3) is 0 Å². The third-order valence-electron chi connectivity index (χ3n) is 4.51. The minimum Gasteiger partial charge on any atom is -0.497 e. The molecule has 144 valence electrons. The van der Waals surface area contributed by atoms with Crippen LogP contribution in [-0.4, -0.2) is 52.8 Å². The first kappa shape index (κ1) is 18.9. The molecule has 1 aliphatic rings. The molecule has 0 aliphatic carbocycles. The summed E-state index contributed by atoms with van der Waals surface area (Å²) in [4.78, 5) is 26.6. The highest BCUT2D eigenvalue weighted by Gasteiger charge is 2.38. The molecule has 1 aromatic heterocycles. The smallest absolute Gasteiger partial charge is 0.243 e. The maximum atomic E-state index is 12.6. The maximum absolute atomic E-state index is 12.6. The van der Waals surface area contributed by atoms with Gasteiger partial charge in [-0.25, -0.2) is 0 Å². The number of nitrogens with zero attached hydrogens (tertiary/aromatic N) is 2. The summed E-state index contributed by atoms with van der Waals surface area (Å²) >= 11 is 0. The summed E-state index contributed by atoms with van der Waals surface area (Å²) in [6, 6.07) is 8.35. The number of likely N-dealkylation sites (tertiary alicyclic amines) is 1. The number of benzene rings is 1. The standard InChI is InChI=1S/C19H23N3O5/c1-12-6-16(27-21-12)9-18(24)22-11-14(23)8-17(22)19(25)20-10-13-4-3-5-15(7-13)26-2/h3-7,14,17,23H,8-11H2,1-2H3,(H,20,25)/t14-,17+/m1/s1. The van der Waals surface area contributed by atoms with Crippen molar-refractivity contribution >= 4 is 11.8 Å². The SMILES string of the molecule is COc1cccc(CNC(=O)[C@@H]2C[C@@H](O)CN2C(=O)Cc2cc(C)no2)c1. The second-order valence-electron chi connectivity index (χ2n) is 6.63. The lowest BCUT2D eigenvalue weighted by atomic mass is 10.1. The van der Waals surface area contributed by atoms with Gasteiger partial charge in [0.15, 0.2) is 0 Å². The number of amides is 2. The molecule has 8 heteroatoms. The first-order chi connectivity index (χ1) is 13.0. The third-order valence-corrected chi connectivity index (χ3v) is 4.51. The van der Waals surface area contributed by atoms with Gasteiger partial charge in [0, 0.05) is 25.6 Å². The van der Waals surface area contributed by atoms with Crippen LogP contribution in [0.15, 0.2) is 34.9 Å². The van der Waals surface area contributed by atoms with Crippen molar-refractivity contribution in [2.45, 2.75) is 38.5 Å². The molecule has 0 radical (unpaired) electrons. The number of aryl methyl sites for hydroxylation is 1. The molecule has 2 aromatic rings. The van der Waals surface area contributed by atoms with Crippen LogP contribution in [-0.2, 0) is 22.6 Å². The van der Waals surface area contributed by atoms with E-state index in [2.05, 4.69) is 10.5 Å². The van der Waals surface area contributed by atoms with E-state index in [-0.39, 0.29) is 31.2 Å². The van der Waals surface area contributed by atoms with Crippen LogP contribution in [0.5, 0.6) is 5.75 Å². The molecule has 3 rings (SSSR count). The number of nitrogens with one attached hydrogen (secondary N) is 1. The van der Waals surface area contributed by atoms with Crippen molar-refractivity contribution in [2.75, 3.05) is 13.7 Å². The molecule has 1 aromatic carbocycles. The van der Waals surface area contributed by atoms with Crippen LogP contribution in [0.4, 0.5) is 0 Å². The number of β-amino-alcohol motifs (C(OH)–C–C–N with tert-alkyl or cyclic N) is 1. The molecule has 0 spiro atoms. The summed E-state index contributed by atoms with van der Waals surface area (Å²) in [5.74, 6) is 0.576. The Morgan fingerprint density at radius 1 is 1.41 bits per heavy atom. The zero-order chi connectivity index (χ0) is 19.4. The minimum atomic E-state index is -0.724. The maximum Gasteiger partial charge on any atom is 0.243 e. The molecule has 2 heterocycles. The van der Waals surface area contributed by atoms with Crippen LogP contribution in [0.2, 0.25) is 0 Å². The van der Waals surface area contributed by atoms with Crippen LogP contribution < -0.4 is 10.1 Å². The van der Waals surface area contributed by atoms with E-state index in [9.17, 15) is 14.7 Å². The zero-order valence-electron chi connectivity index (χ0n) is 15.3. The molecule has 2 N–H and O–H groups in total. The fourth-order valence-corrected chi connectivity index (χ4v) is 3.18. The lowest BCUT2D eigenvalue weighted by Crippen LogP contribution is -2.46. The summed E-state index contributed by atoms with van der Waals surface area (Å²) in [6.07, 6.45) is -0.504. The van der Waals surface area contributed by atoms with E-state index in [1.807, 2.05) is 24.3 Å². The van der Waals surface area contributed by atoms with E-state index < -0.39 is 12.1 Å². The van der Waals surface area contributed by atoms with Crippen molar-refractivity contribution < 1.29 is 24.0 Å². The largest absolute Gasteiger partial charge is 0.497 e. The number of aliphatic hydroxyl groups is 1. The Kier molecular flexibility index (Phi) is 5.75. The lowest BCUT2D eigenvalue weighted by molar-refractivity contribution is -0.138. The van der Waals surface area contributed by atoms with E-state index in [0.29, 0.717) is 23.7 Å². The third kappa shape index (κ3) is 4.65. The Morgan fingerprint density at radius 3 is 2.93 bits per heavy atom. The number of ether oxygens (including phenoxy) is 1. The highest BCUT2D eigenvalue weighted by atomic mass is 16.5. The number of rotatable bonds is 6. The molecule has 8 nitrogen and oxygen atoms in total. The van der Waals surface area contributed by atoms with E-state index in [1.54, 1.807) is 20.1 Å². The summed E-state index contributed by atoms with van der Waals surface area (Å²) < 4.78 is 10.2. The van der Waals surface area contributed by atoms with Gasteiger partial charge in [0.1, 0.15) is 17.6 Å². The van der Waals surface area contributed by atoms with Gasteiger partial charge in [0.2, 0.25) is 11.8 Å². The van der Waals surface area contributed by atoms with Crippen molar-refractivity contribution in [3.05, 3.63) is 47.3 Å². The lowest BCUT2D eigenvalue weighted by Gasteiger charge is -2.23. The average molecular weight is 373 g/mol. The Hall–Kier alpha value is -2.87. The summed E-state index contributed by atoms with van der Waals surface area (Å²) in [6.45, 7) is 2.21. The van der Waals surface area contributed by atoms with Crippen LogP contribution in [0.3, 0.4) is 0 Å². The highest BCUT2D eigenvalue weighted by molar-refractivity contribution is 5.89. The van der Waals surface area contributed by atoms with Crippen LogP contribution >= 0.6 is 0 Å². The monoisotopic (exact) mass is 373 g/mol. The van der Waals surface area contributed by atoms with Crippen LogP contribution in [0, 0.1) is 6.92 Å². The van der Waals surface area contributed by atoms with Crippen molar-refractivity contribution in [1.29, 1.82) is 0 Å². The fraction of sp³-hybridized carbons (Fsp3) is 0.421.